The Hall–Kier alpha value is -2.69. The summed E-state index contributed by atoms with van der Waals surface area (Å²) in [4.78, 5) is 19.8. The van der Waals surface area contributed by atoms with Crippen LogP contribution in [0.2, 0.25) is 0 Å². The highest BCUT2D eigenvalue weighted by atomic mass is 16.5. The Labute approximate surface area is 128 Å². The average molecular weight is 296 g/mol. The van der Waals surface area contributed by atoms with Gasteiger partial charge >= 0.3 is 5.97 Å². The first kappa shape index (κ1) is 14.3. The first-order chi connectivity index (χ1) is 10.5. The number of carbonyl (C=O) groups is 1. The van der Waals surface area contributed by atoms with Crippen LogP contribution in [0.15, 0.2) is 36.7 Å². The highest BCUT2D eigenvalue weighted by Crippen LogP contribution is 2.31. The largest absolute Gasteiger partial charge is 0.478 e. The molecule has 0 atom stereocenters. The summed E-state index contributed by atoms with van der Waals surface area (Å²) in [6.45, 7) is 3.85. The number of hydrogen-bond donors (Lipinski definition) is 1. The predicted molar refractivity (Wildman–Crippen MR) is 82.5 cm³/mol. The molecule has 0 amide bonds. The molecule has 0 bridgehead atoms. The summed E-state index contributed by atoms with van der Waals surface area (Å²) < 4.78 is 5.55. The fraction of sp³-hybridized carbons (Fsp3) is 0.235. The molecule has 1 aliphatic carbocycles. The van der Waals surface area contributed by atoms with Crippen LogP contribution in [0.3, 0.4) is 0 Å². The Morgan fingerprint density at radius 2 is 2.14 bits per heavy atom. The fourth-order valence-electron chi connectivity index (χ4n) is 2.47. The Morgan fingerprint density at radius 3 is 2.86 bits per heavy atom. The number of aliphatic carboxylic acids is 1. The molecule has 5 heteroatoms. The summed E-state index contributed by atoms with van der Waals surface area (Å²) in [5.74, 6) is -0.444. The molecule has 0 saturated carbocycles. The van der Waals surface area contributed by atoms with Crippen molar-refractivity contribution < 1.29 is 14.6 Å². The molecule has 0 spiro atoms. The van der Waals surface area contributed by atoms with Crippen LogP contribution in [0.5, 0.6) is 5.88 Å². The molecular formula is C17H16N2O3. The second-order valence-corrected chi connectivity index (χ2v) is 5.41. The zero-order valence-electron chi connectivity index (χ0n) is 12.4. The Bertz CT molecular complexity index is 766. The van der Waals surface area contributed by atoms with Crippen molar-refractivity contribution in [2.45, 2.75) is 26.4 Å². The molecule has 0 fully saturated rings. The minimum Gasteiger partial charge on any atom is -0.478 e. The molecule has 1 aromatic heterocycles. The minimum atomic E-state index is -0.904. The summed E-state index contributed by atoms with van der Waals surface area (Å²) in [7, 11) is 0. The van der Waals surface area contributed by atoms with Crippen LogP contribution in [0, 0.1) is 0 Å². The Balaban J connectivity index is 1.98. The van der Waals surface area contributed by atoms with Crippen LogP contribution in [0.25, 0.3) is 16.8 Å². The van der Waals surface area contributed by atoms with E-state index in [0.29, 0.717) is 23.6 Å². The smallest absolute Gasteiger partial charge is 0.335 e. The molecule has 0 radical (unpaired) electrons. The summed E-state index contributed by atoms with van der Waals surface area (Å²) in [6.07, 6.45) is 5.62. The van der Waals surface area contributed by atoms with Gasteiger partial charge in [-0.1, -0.05) is 18.2 Å². The van der Waals surface area contributed by atoms with Crippen molar-refractivity contribution in [2.24, 2.45) is 0 Å². The van der Waals surface area contributed by atoms with Crippen molar-refractivity contribution in [2.75, 3.05) is 0 Å². The summed E-state index contributed by atoms with van der Waals surface area (Å²) in [6, 6.07) is 5.72. The molecule has 2 aromatic rings. The van der Waals surface area contributed by atoms with E-state index in [4.69, 9.17) is 4.74 Å². The lowest BCUT2D eigenvalue weighted by Gasteiger charge is -2.10. The molecular weight excluding hydrogens is 280 g/mol. The summed E-state index contributed by atoms with van der Waals surface area (Å²) in [5.41, 5.74) is 3.61. The predicted octanol–water partition coefficient (Wildman–Crippen LogP) is 2.95. The van der Waals surface area contributed by atoms with Crippen LogP contribution >= 0.6 is 0 Å². The molecule has 1 N–H and O–H groups in total. The van der Waals surface area contributed by atoms with Crippen molar-refractivity contribution in [1.29, 1.82) is 0 Å². The number of rotatable bonds is 4. The lowest BCUT2D eigenvalue weighted by molar-refractivity contribution is -0.130. The van der Waals surface area contributed by atoms with Crippen LogP contribution in [0.4, 0.5) is 0 Å². The molecule has 3 rings (SSSR count). The van der Waals surface area contributed by atoms with Crippen LogP contribution in [0.1, 0.15) is 25.0 Å². The van der Waals surface area contributed by atoms with Crippen molar-refractivity contribution in [3.63, 3.8) is 0 Å². The number of ether oxygens (including phenoxy) is 1. The van der Waals surface area contributed by atoms with Gasteiger partial charge in [0.15, 0.2) is 0 Å². The maximum Gasteiger partial charge on any atom is 0.335 e. The molecule has 0 aliphatic heterocycles. The van der Waals surface area contributed by atoms with Gasteiger partial charge in [-0.3, -0.25) is 4.98 Å². The maximum absolute atomic E-state index is 11.3. The van der Waals surface area contributed by atoms with E-state index in [1.807, 2.05) is 32.0 Å². The number of allylic oxidation sites excluding steroid dienone is 1. The van der Waals surface area contributed by atoms with E-state index in [0.717, 1.165) is 16.7 Å². The molecule has 1 aromatic carbocycles. The first-order valence-electron chi connectivity index (χ1n) is 7.10. The van der Waals surface area contributed by atoms with Gasteiger partial charge in [0.1, 0.15) is 0 Å². The SMILES string of the molecule is CC(C)Oc1cncc(-c2ccc3c(c2)C(C(=O)O)=CC3)n1. The Kier molecular flexibility index (Phi) is 3.63. The van der Waals surface area contributed by atoms with E-state index in [1.54, 1.807) is 18.5 Å². The number of nitrogens with zero attached hydrogens (tertiary/aromatic N) is 2. The van der Waals surface area contributed by atoms with Gasteiger partial charge in [0.2, 0.25) is 5.88 Å². The maximum atomic E-state index is 11.3. The Morgan fingerprint density at radius 1 is 1.32 bits per heavy atom. The quantitative estimate of drug-likeness (QED) is 0.939. The number of hydrogen-bond acceptors (Lipinski definition) is 4. The third-order valence-electron chi connectivity index (χ3n) is 3.42. The minimum absolute atomic E-state index is 0.0196. The number of fused-ring (bicyclic) bond motifs is 1. The summed E-state index contributed by atoms with van der Waals surface area (Å²) >= 11 is 0. The number of carboxylic acids is 1. The normalized spacial score (nSPS) is 13.0. The highest BCUT2D eigenvalue weighted by Gasteiger charge is 2.20. The van der Waals surface area contributed by atoms with Gasteiger partial charge in [0, 0.05) is 5.56 Å². The van der Waals surface area contributed by atoms with E-state index in [2.05, 4.69) is 9.97 Å². The molecule has 0 saturated heterocycles. The second kappa shape index (κ2) is 5.60. The van der Waals surface area contributed by atoms with Gasteiger partial charge in [0.05, 0.1) is 29.8 Å². The third-order valence-corrected chi connectivity index (χ3v) is 3.42. The second-order valence-electron chi connectivity index (χ2n) is 5.41. The van der Waals surface area contributed by atoms with Gasteiger partial charge < -0.3 is 9.84 Å². The monoisotopic (exact) mass is 296 g/mol. The first-order valence-corrected chi connectivity index (χ1v) is 7.10. The van der Waals surface area contributed by atoms with Gasteiger partial charge in [-0.15, -0.1) is 0 Å². The topological polar surface area (TPSA) is 72.3 Å². The van der Waals surface area contributed by atoms with E-state index in [1.165, 1.54) is 0 Å². The zero-order chi connectivity index (χ0) is 15.7. The average Bonchev–Trinajstić information content (AvgIpc) is 2.90. The molecule has 22 heavy (non-hydrogen) atoms. The lowest BCUT2D eigenvalue weighted by Crippen LogP contribution is -2.07. The van der Waals surface area contributed by atoms with Gasteiger partial charge in [-0.05, 0) is 37.5 Å². The van der Waals surface area contributed by atoms with E-state index in [9.17, 15) is 9.90 Å². The molecule has 1 heterocycles. The van der Waals surface area contributed by atoms with Gasteiger partial charge in [0.25, 0.3) is 0 Å². The van der Waals surface area contributed by atoms with E-state index >= 15 is 0 Å². The third kappa shape index (κ3) is 2.70. The molecule has 1 aliphatic rings. The van der Waals surface area contributed by atoms with Crippen LogP contribution in [-0.2, 0) is 11.2 Å². The van der Waals surface area contributed by atoms with E-state index < -0.39 is 5.97 Å². The fourth-order valence-corrected chi connectivity index (χ4v) is 2.47. The summed E-state index contributed by atoms with van der Waals surface area (Å²) in [5, 5.41) is 9.25. The van der Waals surface area contributed by atoms with Crippen molar-refractivity contribution in [3.05, 3.63) is 47.8 Å². The van der Waals surface area contributed by atoms with Gasteiger partial charge in [-0.25, -0.2) is 9.78 Å². The van der Waals surface area contributed by atoms with Gasteiger partial charge in [-0.2, -0.15) is 0 Å². The highest BCUT2D eigenvalue weighted by molar-refractivity contribution is 6.17. The molecule has 0 unspecified atom stereocenters. The number of aromatic nitrogens is 2. The standard InChI is InChI=1S/C17H16N2O3/c1-10(2)22-16-9-18-8-15(19-16)12-4-3-11-5-6-13(17(20)21)14(11)7-12/h3-4,6-10H,5H2,1-2H3,(H,20,21). The molecule has 5 nitrogen and oxygen atoms in total. The van der Waals surface area contributed by atoms with Crippen LogP contribution in [-0.4, -0.2) is 27.1 Å². The number of benzene rings is 1. The van der Waals surface area contributed by atoms with Crippen molar-refractivity contribution in [3.8, 4) is 17.1 Å². The van der Waals surface area contributed by atoms with E-state index in [-0.39, 0.29) is 6.10 Å². The van der Waals surface area contributed by atoms with Crippen molar-refractivity contribution >= 4 is 11.5 Å². The number of carboxylic acid groups (broad SMARTS) is 1. The van der Waals surface area contributed by atoms with Crippen molar-refractivity contribution in [1.82, 2.24) is 9.97 Å². The molecule has 112 valence electrons. The van der Waals surface area contributed by atoms with Crippen LogP contribution < -0.4 is 4.74 Å². The lowest BCUT2D eigenvalue weighted by atomic mass is 10.0. The zero-order valence-corrected chi connectivity index (χ0v) is 12.4.